The highest BCUT2D eigenvalue weighted by Gasteiger charge is 2.29. The molecular weight excluding hydrogens is 374 g/mol. The maximum atomic E-state index is 12.7. The fourth-order valence-electron chi connectivity index (χ4n) is 3.16. The lowest BCUT2D eigenvalue weighted by atomic mass is 10.0. The van der Waals surface area contributed by atoms with Gasteiger partial charge in [0.1, 0.15) is 11.5 Å². The Bertz CT molecular complexity index is 1040. The first-order chi connectivity index (χ1) is 14.1. The third-order valence-electron chi connectivity index (χ3n) is 4.58. The smallest absolute Gasteiger partial charge is 0.258 e. The summed E-state index contributed by atoms with van der Waals surface area (Å²) >= 11 is 0. The predicted molar refractivity (Wildman–Crippen MR) is 105 cm³/mol. The number of rotatable bonds is 5. The number of carbonyl (C=O) groups excluding carboxylic acids is 2. The molecule has 3 aromatic rings. The van der Waals surface area contributed by atoms with E-state index in [1.807, 2.05) is 30.3 Å². The van der Waals surface area contributed by atoms with Crippen molar-refractivity contribution in [3.05, 3.63) is 59.7 Å². The Hall–Kier alpha value is -3.88. The number of fused-ring (bicyclic) bond motifs is 1. The van der Waals surface area contributed by atoms with Gasteiger partial charge in [0.15, 0.2) is 0 Å². The number of ether oxygens (including phenoxy) is 2. The van der Waals surface area contributed by atoms with E-state index in [1.54, 1.807) is 22.9 Å². The van der Waals surface area contributed by atoms with Gasteiger partial charge in [0.25, 0.3) is 11.9 Å². The molecule has 4 rings (SSSR count). The van der Waals surface area contributed by atoms with Gasteiger partial charge in [0.05, 0.1) is 26.7 Å². The fourth-order valence-corrected chi connectivity index (χ4v) is 3.16. The normalized spacial score (nSPS) is 15.2. The van der Waals surface area contributed by atoms with Crippen LogP contribution in [-0.2, 0) is 4.79 Å². The molecule has 2 amide bonds. The van der Waals surface area contributed by atoms with E-state index in [-0.39, 0.29) is 30.3 Å². The van der Waals surface area contributed by atoms with Gasteiger partial charge in [0.2, 0.25) is 11.9 Å². The van der Waals surface area contributed by atoms with E-state index in [1.165, 1.54) is 14.2 Å². The molecule has 0 saturated carbocycles. The summed E-state index contributed by atoms with van der Waals surface area (Å²) in [5.74, 6) is 0.774. The minimum Gasteiger partial charge on any atom is -0.497 e. The number of nitrogens with zero attached hydrogens (tertiary/aromatic N) is 3. The van der Waals surface area contributed by atoms with Crippen LogP contribution < -0.4 is 20.1 Å². The Morgan fingerprint density at radius 3 is 2.48 bits per heavy atom. The molecule has 0 radical (unpaired) electrons. The predicted octanol–water partition coefficient (Wildman–Crippen LogP) is 2.48. The highest BCUT2D eigenvalue weighted by atomic mass is 16.5. The summed E-state index contributed by atoms with van der Waals surface area (Å²) in [6, 6.07) is 14.1. The average molecular weight is 393 g/mol. The lowest BCUT2D eigenvalue weighted by Gasteiger charge is -2.23. The van der Waals surface area contributed by atoms with Gasteiger partial charge >= 0.3 is 0 Å². The zero-order valence-corrected chi connectivity index (χ0v) is 15.9. The molecule has 1 aromatic heterocycles. The Kier molecular flexibility index (Phi) is 4.86. The first-order valence-corrected chi connectivity index (χ1v) is 8.93. The molecule has 0 saturated heterocycles. The third kappa shape index (κ3) is 3.75. The number of hydrogen-bond donors (Lipinski definition) is 2. The molecule has 1 atom stereocenters. The van der Waals surface area contributed by atoms with Crippen molar-refractivity contribution in [1.82, 2.24) is 14.8 Å². The lowest BCUT2D eigenvalue weighted by molar-refractivity contribution is -0.117. The number of anilines is 2. The quantitative estimate of drug-likeness (QED) is 0.690. The van der Waals surface area contributed by atoms with Crippen LogP contribution in [0.2, 0.25) is 0 Å². The molecule has 0 fully saturated rings. The van der Waals surface area contributed by atoms with Crippen LogP contribution in [0.5, 0.6) is 11.5 Å². The molecule has 29 heavy (non-hydrogen) atoms. The summed E-state index contributed by atoms with van der Waals surface area (Å²) in [5, 5.41) is 9.74. The highest BCUT2D eigenvalue weighted by molar-refractivity contribution is 6.04. The van der Waals surface area contributed by atoms with Gasteiger partial charge in [-0.3, -0.25) is 20.2 Å². The Balaban J connectivity index is 1.62. The SMILES string of the molecule is COc1cc(OC)cc(C(=O)Nc2nc3n(n2)[C@H](c2ccccc2)CC(=O)N3)c1. The largest absolute Gasteiger partial charge is 0.497 e. The second-order valence-corrected chi connectivity index (χ2v) is 6.44. The molecule has 1 aliphatic heterocycles. The monoisotopic (exact) mass is 393 g/mol. The molecule has 2 heterocycles. The average Bonchev–Trinajstić information content (AvgIpc) is 3.15. The van der Waals surface area contributed by atoms with Crippen molar-refractivity contribution in [3.8, 4) is 11.5 Å². The van der Waals surface area contributed by atoms with Gasteiger partial charge < -0.3 is 9.47 Å². The van der Waals surface area contributed by atoms with E-state index in [0.717, 1.165) is 5.56 Å². The van der Waals surface area contributed by atoms with Crippen molar-refractivity contribution in [2.24, 2.45) is 0 Å². The first-order valence-electron chi connectivity index (χ1n) is 8.93. The summed E-state index contributed by atoms with van der Waals surface area (Å²) in [6.07, 6.45) is 0.237. The van der Waals surface area contributed by atoms with Crippen LogP contribution in [0, 0.1) is 0 Å². The number of amides is 2. The van der Waals surface area contributed by atoms with Crippen molar-refractivity contribution in [2.75, 3.05) is 24.9 Å². The second kappa shape index (κ2) is 7.63. The summed E-state index contributed by atoms with van der Waals surface area (Å²) in [7, 11) is 3.02. The van der Waals surface area contributed by atoms with Crippen LogP contribution in [-0.4, -0.2) is 40.8 Å². The molecule has 1 aliphatic rings. The summed E-state index contributed by atoms with van der Waals surface area (Å²) in [4.78, 5) is 29.0. The molecule has 9 nitrogen and oxygen atoms in total. The lowest BCUT2D eigenvalue weighted by Crippen LogP contribution is -2.29. The maximum absolute atomic E-state index is 12.7. The highest BCUT2D eigenvalue weighted by Crippen LogP contribution is 2.30. The molecule has 2 N–H and O–H groups in total. The van der Waals surface area contributed by atoms with Crippen molar-refractivity contribution >= 4 is 23.7 Å². The summed E-state index contributed by atoms with van der Waals surface area (Å²) in [5.41, 5.74) is 1.27. The van der Waals surface area contributed by atoms with E-state index < -0.39 is 5.91 Å². The van der Waals surface area contributed by atoms with Crippen molar-refractivity contribution in [3.63, 3.8) is 0 Å². The molecule has 0 spiro atoms. The second-order valence-electron chi connectivity index (χ2n) is 6.44. The number of benzene rings is 2. The Morgan fingerprint density at radius 1 is 1.14 bits per heavy atom. The van der Waals surface area contributed by atoms with Gasteiger partial charge in [-0.2, -0.15) is 4.98 Å². The van der Waals surface area contributed by atoms with Gasteiger partial charge in [-0.1, -0.05) is 30.3 Å². The molecule has 2 aromatic carbocycles. The summed E-state index contributed by atoms with van der Waals surface area (Å²) in [6.45, 7) is 0. The van der Waals surface area contributed by atoms with Crippen molar-refractivity contribution in [2.45, 2.75) is 12.5 Å². The number of aromatic nitrogens is 3. The third-order valence-corrected chi connectivity index (χ3v) is 4.58. The topological polar surface area (TPSA) is 107 Å². The Morgan fingerprint density at radius 2 is 1.83 bits per heavy atom. The van der Waals surface area contributed by atoms with Gasteiger partial charge in [-0.25, -0.2) is 4.68 Å². The molecule has 0 bridgehead atoms. The molecule has 0 aliphatic carbocycles. The molecule has 148 valence electrons. The number of carbonyl (C=O) groups is 2. The Labute approximate surface area is 166 Å². The minimum atomic E-state index is -0.423. The minimum absolute atomic E-state index is 0.0925. The number of nitrogens with one attached hydrogen (secondary N) is 2. The van der Waals surface area contributed by atoms with Gasteiger partial charge in [-0.05, 0) is 17.7 Å². The molecular formula is C20H19N5O4. The maximum Gasteiger partial charge on any atom is 0.258 e. The van der Waals surface area contributed by atoms with Crippen LogP contribution in [0.4, 0.5) is 11.9 Å². The van der Waals surface area contributed by atoms with Crippen molar-refractivity contribution < 1.29 is 19.1 Å². The first kappa shape index (κ1) is 18.5. The number of methoxy groups -OCH3 is 2. The van der Waals surface area contributed by atoms with Crippen LogP contribution in [0.3, 0.4) is 0 Å². The van der Waals surface area contributed by atoms with Crippen LogP contribution in [0.25, 0.3) is 0 Å². The van der Waals surface area contributed by atoms with Crippen LogP contribution in [0.1, 0.15) is 28.4 Å². The zero-order chi connectivity index (χ0) is 20.4. The molecule has 9 heteroatoms. The molecule has 0 unspecified atom stereocenters. The van der Waals surface area contributed by atoms with Gasteiger partial charge in [0, 0.05) is 11.6 Å². The van der Waals surface area contributed by atoms with E-state index in [0.29, 0.717) is 17.1 Å². The van der Waals surface area contributed by atoms with E-state index in [4.69, 9.17) is 9.47 Å². The summed E-state index contributed by atoms with van der Waals surface area (Å²) < 4.78 is 12.0. The fraction of sp³-hybridized carbons (Fsp3) is 0.200. The van der Waals surface area contributed by atoms with Crippen LogP contribution in [0.15, 0.2) is 48.5 Å². The van der Waals surface area contributed by atoms with Crippen LogP contribution >= 0.6 is 0 Å². The van der Waals surface area contributed by atoms with E-state index in [9.17, 15) is 9.59 Å². The number of hydrogen-bond acceptors (Lipinski definition) is 6. The zero-order valence-electron chi connectivity index (χ0n) is 15.9. The van der Waals surface area contributed by atoms with Gasteiger partial charge in [-0.15, -0.1) is 5.10 Å². The van der Waals surface area contributed by atoms with E-state index in [2.05, 4.69) is 20.7 Å². The van der Waals surface area contributed by atoms with Crippen molar-refractivity contribution in [1.29, 1.82) is 0 Å². The standard InChI is InChI=1S/C20H19N5O4/c1-28-14-8-13(9-15(10-14)29-2)18(27)22-19-23-20-21-17(26)11-16(25(20)24-19)12-6-4-3-5-7-12/h3-10,16H,11H2,1-2H3,(H2,21,22,23,24,26,27)/t16-/m0/s1. The van der Waals surface area contributed by atoms with E-state index >= 15 is 0 Å².